The molecule has 6 heteroatoms. The van der Waals surface area contributed by atoms with Crippen LogP contribution < -0.4 is 10.1 Å². The van der Waals surface area contributed by atoms with Gasteiger partial charge < -0.3 is 9.84 Å². The predicted molar refractivity (Wildman–Crippen MR) is 67.8 cm³/mol. The van der Waals surface area contributed by atoms with Gasteiger partial charge in [0.05, 0.1) is 17.5 Å². The van der Waals surface area contributed by atoms with Crippen LogP contribution in [0.2, 0.25) is 5.02 Å². The summed E-state index contributed by atoms with van der Waals surface area (Å²) < 4.78 is 5.07. The van der Waals surface area contributed by atoms with Gasteiger partial charge in [0.15, 0.2) is 0 Å². The Morgan fingerprint density at radius 1 is 1.65 bits per heavy atom. The van der Waals surface area contributed by atoms with E-state index in [1.807, 2.05) is 6.07 Å². The summed E-state index contributed by atoms with van der Waals surface area (Å²) in [7, 11) is 1.56. The molecule has 4 nitrogen and oxygen atoms in total. The molecule has 1 heterocycles. The van der Waals surface area contributed by atoms with Crippen LogP contribution in [0.15, 0.2) is 18.2 Å². The molecule has 0 aromatic heterocycles. The third kappa shape index (κ3) is 2.68. The molecule has 0 amide bonds. The van der Waals surface area contributed by atoms with Crippen molar-refractivity contribution in [3.05, 3.63) is 28.8 Å². The molecule has 2 N–H and O–H groups in total. The molecular weight excluding hydrogens is 262 g/mol. The van der Waals surface area contributed by atoms with Gasteiger partial charge >= 0.3 is 5.97 Å². The van der Waals surface area contributed by atoms with Gasteiger partial charge in [0.25, 0.3) is 0 Å². The molecule has 2 rings (SSSR count). The zero-order chi connectivity index (χ0) is 12.4. The van der Waals surface area contributed by atoms with Crippen LogP contribution in [0.25, 0.3) is 0 Å². The lowest BCUT2D eigenvalue weighted by molar-refractivity contribution is -0.138. The minimum Gasteiger partial charge on any atom is -0.495 e. The summed E-state index contributed by atoms with van der Waals surface area (Å²) in [6, 6.07) is 4.98. The molecule has 1 fully saturated rings. The number of aliphatic carboxylic acids is 1. The Labute approximate surface area is 108 Å². The number of methoxy groups -OCH3 is 1. The van der Waals surface area contributed by atoms with Crippen LogP contribution in [0.3, 0.4) is 0 Å². The highest BCUT2D eigenvalue weighted by Crippen LogP contribution is 2.36. The number of halogens is 1. The van der Waals surface area contributed by atoms with Gasteiger partial charge in [-0.2, -0.15) is 0 Å². The van der Waals surface area contributed by atoms with Gasteiger partial charge in [-0.15, -0.1) is 11.8 Å². The number of rotatable bonds is 3. The van der Waals surface area contributed by atoms with Gasteiger partial charge in [0.2, 0.25) is 0 Å². The maximum absolute atomic E-state index is 10.8. The van der Waals surface area contributed by atoms with E-state index in [-0.39, 0.29) is 5.37 Å². The molecule has 1 unspecified atom stereocenters. The van der Waals surface area contributed by atoms with Crippen LogP contribution >= 0.6 is 23.4 Å². The van der Waals surface area contributed by atoms with Crippen LogP contribution in [0, 0.1) is 0 Å². The molecule has 17 heavy (non-hydrogen) atoms. The quantitative estimate of drug-likeness (QED) is 0.884. The number of carbonyl (C=O) groups is 1. The summed E-state index contributed by atoms with van der Waals surface area (Å²) in [6.07, 6.45) is 0. The number of carboxylic acid groups (broad SMARTS) is 1. The number of ether oxygens (including phenoxy) is 1. The summed E-state index contributed by atoms with van der Waals surface area (Å²) in [6.45, 7) is 0. The van der Waals surface area contributed by atoms with Crippen LogP contribution in [0.1, 0.15) is 10.9 Å². The minimum atomic E-state index is -0.820. The van der Waals surface area contributed by atoms with E-state index in [1.165, 1.54) is 0 Å². The first kappa shape index (κ1) is 12.5. The molecule has 1 aromatic carbocycles. The zero-order valence-electron chi connectivity index (χ0n) is 9.14. The average molecular weight is 274 g/mol. The minimum absolute atomic E-state index is 0.0282. The van der Waals surface area contributed by atoms with Gasteiger partial charge in [0.1, 0.15) is 11.8 Å². The van der Waals surface area contributed by atoms with Crippen LogP contribution in [0.5, 0.6) is 5.75 Å². The number of nitrogens with one attached hydrogen (secondary N) is 1. The van der Waals surface area contributed by atoms with E-state index < -0.39 is 12.0 Å². The molecule has 1 saturated heterocycles. The van der Waals surface area contributed by atoms with Crippen molar-refractivity contribution in [1.29, 1.82) is 0 Å². The second kappa shape index (κ2) is 5.16. The molecule has 92 valence electrons. The lowest BCUT2D eigenvalue weighted by Gasteiger charge is -2.12. The first-order chi connectivity index (χ1) is 8.11. The van der Waals surface area contributed by atoms with Gasteiger partial charge in [-0.25, -0.2) is 0 Å². The highest BCUT2D eigenvalue weighted by Gasteiger charge is 2.30. The normalized spacial score (nSPS) is 23.6. The average Bonchev–Trinajstić information content (AvgIpc) is 2.78. The standard InChI is InChI=1S/C11H12ClNO3S/c1-16-9-3-2-6(4-7(9)12)10-13-8(5-17-10)11(14)15/h2-4,8,10,13H,5H2,1H3,(H,14,15)/t8-,10?/m0/s1. The molecule has 0 saturated carbocycles. The van der Waals surface area contributed by atoms with E-state index in [2.05, 4.69) is 5.32 Å². The Morgan fingerprint density at radius 3 is 2.94 bits per heavy atom. The SMILES string of the molecule is COc1ccc(C2N[C@H](C(=O)O)CS2)cc1Cl. The summed E-state index contributed by atoms with van der Waals surface area (Å²) in [5, 5.41) is 12.4. The number of thioether (sulfide) groups is 1. The van der Waals surface area contributed by atoms with Crippen molar-refractivity contribution in [2.75, 3.05) is 12.9 Å². The maximum atomic E-state index is 10.8. The molecule has 1 aromatic rings. The van der Waals surface area contributed by atoms with Crippen molar-refractivity contribution in [3.63, 3.8) is 0 Å². The molecule has 1 aliphatic rings. The smallest absolute Gasteiger partial charge is 0.321 e. The summed E-state index contributed by atoms with van der Waals surface area (Å²) in [5.74, 6) is 0.358. The highest BCUT2D eigenvalue weighted by molar-refractivity contribution is 7.99. The first-order valence-electron chi connectivity index (χ1n) is 5.05. The largest absolute Gasteiger partial charge is 0.495 e. The Kier molecular flexibility index (Phi) is 3.81. The molecule has 0 radical (unpaired) electrons. The Hall–Kier alpha value is -0.910. The number of hydrogen-bond acceptors (Lipinski definition) is 4. The molecule has 0 bridgehead atoms. The summed E-state index contributed by atoms with van der Waals surface area (Å²) in [4.78, 5) is 10.8. The van der Waals surface area contributed by atoms with Crippen LogP contribution in [-0.2, 0) is 4.79 Å². The second-order valence-electron chi connectivity index (χ2n) is 3.66. The lowest BCUT2D eigenvalue weighted by Crippen LogP contribution is -2.33. The number of hydrogen-bond donors (Lipinski definition) is 2. The summed E-state index contributed by atoms with van der Waals surface area (Å²) in [5.41, 5.74) is 0.963. The zero-order valence-corrected chi connectivity index (χ0v) is 10.7. The van der Waals surface area contributed by atoms with Crippen LogP contribution in [0.4, 0.5) is 0 Å². The van der Waals surface area contributed by atoms with E-state index in [4.69, 9.17) is 21.4 Å². The first-order valence-corrected chi connectivity index (χ1v) is 6.48. The molecule has 2 atom stereocenters. The van der Waals surface area contributed by atoms with Gasteiger partial charge in [-0.3, -0.25) is 10.1 Å². The Balaban J connectivity index is 2.14. The monoisotopic (exact) mass is 273 g/mol. The summed E-state index contributed by atoms with van der Waals surface area (Å²) >= 11 is 7.59. The van der Waals surface area contributed by atoms with Crippen molar-refractivity contribution in [2.24, 2.45) is 0 Å². The van der Waals surface area contributed by atoms with Crippen molar-refractivity contribution < 1.29 is 14.6 Å². The van der Waals surface area contributed by atoms with Crippen molar-refractivity contribution >= 4 is 29.3 Å². The van der Waals surface area contributed by atoms with E-state index in [0.717, 1.165) is 5.56 Å². The topological polar surface area (TPSA) is 58.6 Å². The van der Waals surface area contributed by atoms with E-state index in [0.29, 0.717) is 16.5 Å². The van der Waals surface area contributed by atoms with Gasteiger partial charge in [-0.05, 0) is 17.7 Å². The number of carboxylic acids is 1. The second-order valence-corrected chi connectivity index (χ2v) is 5.21. The van der Waals surface area contributed by atoms with E-state index in [9.17, 15) is 4.79 Å². The van der Waals surface area contributed by atoms with E-state index >= 15 is 0 Å². The fourth-order valence-corrected chi connectivity index (χ4v) is 3.14. The Morgan fingerprint density at radius 2 is 2.41 bits per heavy atom. The van der Waals surface area contributed by atoms with Crippen molar-refractivity contribution in [1.82, 2.24) is 5.32 Å². The highest BCUT2D eigenvalue weighted by atomic mass is 35.5. The molecule has 0 aliphatic carbocycles. The van der Waals surface area contributed by atoms with Crippen molar-refractivity contribution in [2.45, 2.75) is 11.4 Å². The predicted octanol–water partition coefficient (Wildman–Crippen LogP) is 2.14. The van der Waals surface area contributed by atoms with Gasteiger partial charge in [-0.1, -0.05) is 17.7 Å². The molecule has 0 spiro atoms. The molecule has 1 aliphatic heterocycles. The fourth-order valence-electron chi connectivity index (χ4n) is 1.65. The maximum Gasteiger partial charge on any atom is 0.321 e. The van der Waals surface area contributed by atoms with Crippen molar-refractivity contribution in [3.8, 4) is 5.75 Å². The molecular formula is C11H12ClNO3S. The van der Waals surface area contributed by atoms with Crippen LogP contribution in [-0.4, -0.2) is 30.0 Å². The number of benzene rings is 1. The van der Waals surface area contributed by atoms with E-state index in [1.54, 1.807) is 31.0 Å². The van der Waals surface area contributed by atoms with Gasteiger partial charge in [0, 0.05) is 5.75 Å². The Bertz CT molecular complexity index is 441. The third-order valence-corrected chi connectivity index (χ3v) is 4.12. The third-order valence-electron chi connectivity index (χ3n) is 2.56. The fraction of sp³-hybridized carbons (Fsp3) is 0.364. The lowest BCUT2D eigenvalue weighted by atomic mass is 10.2.